The van der Waals surface area contributed by atoms with Gasteiger partial charge in [-0.05, 0) is 43.2 Å². The Morgan fingerprint density at radius 3 is 2.83 bits per heavy atom. The lowest BCUT2D eigenvalue weighted by Gasteiger charge is -2.23. The van der Waals surface area contributed by atoms with Crippen molar-refractivity contribution in [2.75, 3.05) is 5.32 Å². The monoisotopic (exact) mass is 310 g/mol. The van der Waals surface area contributed by atoms with E-state index < -0.39 is 6.10 Å². The molecule has 2 aromatic carbocycles. The van der Waals surface area contributed by atoms with Gasteiger partial charge < -0.3 is 15.4 Å². The molecule has 3 rings (SSSR count). The molecule has 5 heteroatoms. The van der Waals surface area contributed by atoms with Crippen LogP contribution in [0.25, 0.3) is 0 Å². The Morgan fingerprint density at radius 2 is 2.04 bits per heavy atom. The van der Waals surface area contributed by atoms with Crippen LogP contribution in [0.3, 0.4) is 0 Å². The zero-order valence-corrected chi connectivity index (χ0v) is 13.1. The van der Waals surface area contributed by atoms with Gasteiger partial charge in [0.2, 0.25) is 0 Å². The highest BCUT2D eigenvalue weighted by atomic mass is 16.5. The van der Waals surface area contributed by atoms with Crippen molar-refractivity contribution in [3.05, 3.63) is 59.2 Å². The number of anilines is 1. The van der Waals surface area contributed by atoms with Gasteiger partial charge in [-0.25, -0.2) is 0 Å². The first-order valence-electron chi connectivity index (χ1n) is 7.49. The normalized spacial score (nSPS) is 16.1. The fourth-order valence-electron chi connectivity index (χ4n) is 2.47. The van der Waals surface area contributed by atoms with E-state index in [2.05, 4.69) is 10.6 Å². The molecule has 23 heavy (non-hydrogen) atoms. The lowest BCUT2D eigenvalue weighted by atomic mass is 10.1. The summed E-state index contributed by atoms with van der Waals surface area (Å²) in [4.78, 5) is 23.9. The third kappa shape index (κ3) is 3.18. The van der Waals surface area contributed by atoms with Crippen molar-refractivity contribution in [1.29, 1.82) is 0 Å². The van der Waals surface area contributed by atoms with Crippen molar-refractivity contribution >= 4 is 17.5 Å². The third-order valence-corrected chi connectivity index (χ3v) is 3.82. The number of carbonyl (C=O) groups is 2. The number of hydrogen-bond acceptors (Lipinski definition) is 3. The Labute approximate surface area is 134 Å². The number of ether oxygens (including phenoxy) is 1. The van der Waals surface area contributed by atoms with Crippen LogP contribution in [0.1, 0.15) is 28.4 Å². The molecule has 2 aromatic rings. The second-order valence-corrected chi connectivity index (χ2v) is 5.58. The molecule has 1 aliphatic rings. The Balaban J connectivity index is 1.70. The summed E-state index contributed by atoms with van der Waals surface area (Å²) >= 11 is 0. The van der Waals surface area contributed by atoms with Gasteiger partial charge in [0.25, 0.3) is 11.8 Å². The Morgan fingerprint density at radius 1 is 1.26 bits per heavy atom. The van der Waals surface area contributed by atoms with Crippen LogP contribution in [-0.2, 0) is 11.3 Å². The summed E-state index contributed by atoms with van der Waals surface area (Å²) in [7, 11) is 0. The molecule has 1 aliphatic heterocycles. The zero-order chi connectivity index (χ0) is 16.4. The number of aryl methyl sites for hydroxylation is 1. The van der Waals surface area contributed by atoms with Crippen molar-refractivity contribution in [3.8, 4) is 5.75 Å². The van der Waals surface area contributed by atoms with E-state index in [4.69, 9.17) is 4.74 Å². The van der Waals surface area contributed by atoms with Gasteiger partial charge in [-0.2, -0.15) is 0 Å². The highest BCUT2D eigenvalue weighted by Gasteiger charge is 2.23. The molecular formula is C18H18N2O3. The molecular weight excluding hydrogens is 292 g/mol. The maximum atomic E-state index is 12.2. The quantitative estimate of drug-likeness (QED) is 0.916. The number of benzene rings is 2. The van der Waals surface area contributed by atoms with Gasteiger partial charge in [-0.3, -0.25) is 9.59 Å². The van der Waals surface area contributed by atoms with E-state index in [0.29, 0.717) is 23.5 Å². The maximum Gasteiger partial charge on any atom is 0.265 e. The van der Waals surface area contributed by atoms with E-state index in [1.165, 1.54) is 0 Å². The number of amides is 2. The van der Waals surface area contributed by atoms with Crippen LogP contribution in [0.4, 0.5) is 5.69 Å². The standard InChI is InChI=1S/C18H18N2O3/c1-11-5-3-4-6-14(11)18(22)19-10-13-7-8-16-15(9-13)20-17(21)12(2)23-16/h3-9,12H,10H2,1-2H3,(H,19,22)(H,20,21). The van der Waals surface area contributed by atoms with E-state index in [0.717, 1.165) is 11.1 Å². The summed E-state index contributed by atoms with van der Waals surface area (Å²) in [6.07, 6.45) is -0.492. The molecule has 0 spiro atoms. The van der Waals surface area contributed by atoms with Crippen LogP contribution < -0.4 is 15.4 Å². The Hall–Kier alpha value is -2.82. The molecule has 0 bridgehead atoms. The van der Waals surface area contributed by atoms with Gasteiger partial charge in [0.1, 0.15) is 5.75 Å². The van der Waals surface area contributed by atoms with Crippen LogP contribution in [0.15, 0.2) is 42.5 Å². The van der Waals surface area contributed by atoms with E-state index in [9.17, 15) is 9.59 Å². The molecule has 2 amide bonds. The van der Waals surface area contributed by atoms with Crippen LogP contribution in [0, 0.1) is 6.92 Å². The van der Waals surface area contributed by atoms with Crippen LogP contribution in [0.5, 0.6) is 5.75 Å². The predicted molar refractivity (Wildman–Crippen MR) is 87.5 cm³/mol. The lowest BCUT2D eigenvalue weighted by molar-refractivity contribution is -0.122. The van der Waals surface area contributed by atoms with Crippen LogP contribution in [-0.4, -0.2) is 17.9 Å². The second-order valence-electron chi connectivity index (χ2n) is 5.58. The summed E-state index contributed by atoms with van der Waals surface area (Å²) in [6.45, 7) is 3.99. The van der Waals surface area contributed by atoms with Gasteiger partial charge in [0, 0.05) is 12.1 Å². The molecule has 1 unspecified atom stereocenters. The number of fused-ring (bicyclic) bond motifs is 1. The summed E-state index contributed by atoms with van der Waals surface area (Å²) in [5, 5.41) is 5.69. The lowest BCUT2D eigenvalue weighted by Crippen LogP contribution is -2.34. The summed E-state index contributed by atoms with van der Waals surface area (Å²) in [5.74, 6) is 0.361. The van der Waals surface area contributed by atoms with Gasteiger partial charge >= 0.3 is 0 Å². The van der Waals surface area contributed by atoms with E-state index in [-0.39, 0.29) is 11.8 Å². The van der Waals surface area contributed by atoms with Gasteiger partial charge in [0.05, 0.1) is 5.69 Å². The summed E-state index contributed by atoms with van der Waals surface area (Å²) in [6, 6.07) is 12.9. The highest BCUT2D eigenvalue weighted by molar-refractivity contribution is 5.97. The molecule has 118 valence electrons. The van der Waals surface area contributed by atoms with Crippen molar-refractivity contribution in [2.24, 2.45) is 0 Å². The molecule has 0 saturated carbocycles. The summed E-state index contributed by atoms with van der Waals surface area (Å²) in [5.41, 5.74) is 3.13. The SMILES string of the molecule is Cc1ccccc1C(=O)NCc1ccc2c(c1)NC(=O)C(C)O2. The topological polar surface area (TPSA) is 67.4 Å². The molecule has 0 aliphatic carbocycles. The van der Waals surface area contributed by atoms with Crippen molar-refractivity contribution in [1.82, 2.24) is 5.32 Å². The highest BCUT2D eigenvalue weighted by Crippen LogP contribution is 2.30. The molecule has 0 radical (unpaired) electrons. The fraction of sp³-hybridized carbons (Fsp3) is 0.222. The smallest absolute Gasteiger partial charge is 0.265 e. The minimum absolute atomic E-state index is 0.116. The Kier molecular flexibility index (Phi) is 4.02. The first-order chi connectivity index (χ1) is 11.0. The zero-order valence-electron chi connectivity index (χ0n) is 13.1. The number of hydrogen-bond donors (Lipinski definition) is 2. The van der Waals surface area contributed by atoms with Gasteiger partial charge in [0.15, 0.2) is 6.10 Å². The molecule has 5 nitrogen and oxygen atoms in total. The average Bonchev–Trinajstić information content (AvgIpc) is 2.54. The molecule has 2 N–H and O–H groups in total. The fourth-order valence-corrected chi connectivity index (χ4v) is 2.47. The number of nitrogens with one attached hydrogen (secondary N) is 2. The predicted octanol–water partition coefficient (Wildman–Crippen LogP) is 2.64. The van der Waals surface area contributed by atoms with E-state index >= 15 is 0 Å². The minimum Gasteiger partial charge on any atom is -0.479 e. The summed E-state index contributed by atoms with van der Waals surface area (Å²) < 4.78 is 5.51. The van der Waals surface area contributed by atoms with Crippen LogP contribution in [0.2, 0.25) is 0 Å². The van der Waals surface area contributed by atoms with Crippen LogP contribution >= 0.6 is 0 Å². The molecule has 0 saturated heterocycles. The Bertz CT molecular complexity index is 771. The van der Waals surface area contributed by atoms with Crippen molar-refractivity contribution < 1.29 is 14.3 Å². The molecule has 0 aromatic heterocycles. The van der Waals surface area contributed by atoms with E-state index in [1.54, 1.807) is 19.1 Å². The van der Waals surface area contributed by atoms with E-state index in [1.807, 2.05) is 37.3 Å². The maximum absolute atomic E-state index is 12.2. The number of rotatable bonds is 3. The average molecular weight is 310 g/mol. The second kappa shape index (κ2) is 6.12. The number of carbonyl (C=O) groups excluding carboxylic acids is 2. The van der Waals surface area contributed by atoms with Crippen molar-refractivity contribution in [3.63, 3.8) is 0 Å². The molecule has 1 atom stereocenters. The largest absolute Gasteiger partial charge is 0.479 e. The van der Waals surface area contributed by atoms with Crippen molar-refractivity contribution in [2.45, 2.75) is 26.5 Å². The minimum atomic E-state index is -0.492. The van der Waals surface area contributed by atoms with Gasteiger partial charge in [-0.1, -0.05) is 24.3 Å². The first kappa shape index (κ1) is 15.1. The third-order valence-electron chi connectivity index (χ3n) is 3.82. The van der Waals surface area contributed by atoms with Gasteiger partial charge in [-0.15, -0.1) is 0 Å². The molecule has 1 heterocycles. The molecule has 0 fully saturated rings. The first-order valence-corrected chi connectivity index (χ1v) is 7.49.